The molecule has 0 bridgehead atoms. The van der Waals surface area contributed by atoms with Crippen molar-refractivity contribution in [2.45, 2.75) is 19.9 Å². The molecule has 6 nitrogen and oxygen atoms in total. The third-order valence-electron chi connectivity index (χ3n) is 5.68. The molecule has 0 aliphatic rings. The summed E-state index contributed by atoms with van der Waals surface area (Å²) in [5.41, 5.74) is 2.59. The first-order chi connectivity index (χ1) is 16.9. The summed E-state index contributed by atoms with van der Waals surface area (Å²) in [5, 5.41) is 6.60. The minimum Gasteiger partial charge on any atom is -0.496 e. The second-order valence-corrected chi connectivity index (χ2v) is 8.66. The number of amides is 2. The number of ether oxygens (including phenoxy) is 1. The Hall–Kier alpha value is -4.13. The Balaban J connectivity index is 1.75. The van der Waals surface area contributed by atoms with Crippen LogP contribution in [0.25, 0.3) is 11.0 Å². The summed E-state index contributed by atoms with van der Waals surface area (Å²) in [6, 6.07) is 17.4. The molecule has 4 rings (SSSR count). The van der Waals surface area contributed by atoms with Gasteiger partial charge in [-0.1, -0.05) is 44.2 Å². The molecule has 2 N–H and O–H groups in total. The highest BCUT2D eigenvalue weighted by molar-refractivity contribution is 6.06. The van der Waals surface area contributed by atoms with E-state index in [1.165, 1.54) is 25.5 Å². The summed E-state index contributed by atoms with van der Waals surface area (Å²) in [4.78, 5) is 26.1. The number of hydrogen-bond donors (Lipinski definition) is 2. The molecule has 0 spiro atoms. The second kappa shape index (κ2) is 10.4. The number of methoxy groups -OCH3 is 1. The Morgan fingerprint density at radius 2 is 1.74 bits per heavy atom. The van der Waals surface area contributed by atoms with E-state index in [-0.39, 0.29) is 11.8 Å². The van der Waals surface area contributed by atoms with Crippen molar-refractivity contribution in [2.75, 3.05) is 13.7 Å². The molecule has 0 saturated heterocycles. The van der Waals surface area contributed by atoms with Crippen molar-refractivity contribution in [3.63, 3.8) is 0 Å². The van der Waals surface area contributed by atoms with E-state index in [2.05, 4.69) is 10.6 Å². The number of carbonyl (C=O) groups excluding carboxylic acids is 2. The summed E-state index contributed by atoms with van der Waals surface area (Å²) >= 11 is 0. The molecule has 7 heteroatoms. The van der Waals surface area contributed by atoms with E-state index in [1.807, 2.05) is 26.0 Å². The summed E-state index contributed by atoms with van der Waals surface area (Å²) in [6.45, 7) is 4.56. The van der Waals surface area contributed by atoms with E-state index in [0.717, 1.165) is 0 Å². The normalized spacial score (nSPS) is 11.9. The average molecular weight is 475 g/mol. The number of carbonyl (C=O) groups is 2. The molecule has 1 aromatic heterocycles. The van der Waals surface area contributed by atoms with Gasteiger partial charge in [0.2, 0.25) is 0 Å². The van der Waals surface area contributed by atoms with Crippen molar-refractivity contribution in [1.82, 2.24) is 10.6 Å². The Morgan fingerprint density at radius 3 is 2.46 bits per heavy atom. The van der Waals surface area contributed by atoms with Crippen LogP contribution in [-0.2, 0) is 0 Å². The van der Waals surface area contributed by atoms with Crippen LogP contribution in [-0.4, -0.2) is 25.5 Å². The van der Waals surface area contributed by atoms with Gasteiger partial charge in [-0.25, -0.2) is 4.39 Å². The molecule has 1 unspecified atom stereocenters. The van der Waals surface area contributed by atoms with Crippen molar-refractivity contribution in [3.8, 4) is 5.75 Å². The van der Waals surface area contributed by atoms with Gasteiger partial charge in [0.25, 0.3) is 11.8 Å². The Bertz CT molecular complexity index is 1340. The summed E-state index contributed by atoms with van der Waals surface area (Å²) in [5.74, 6) is -0.216. The minimum absolute atomic E-state index is 0.229. The molecule has 180 valence electrons. The number of furan rings is 1. The topological polar surface area (TPSA) is 80.6 Å². The molecule has 35 heavy (non-hydrogen) atoms. The van der Waals surface area contributed by atoms with Crippen LogP contribution in [0.5, 0.6) is 5.75 Å². The van der Waals surface area contributed by atoms with E-state index in [9.17, 15) is 14.0 Å². The van der Waals surface area contributed by atoms with Crippen molar-refractivity contribution in [2.24, 2.45) is 5.92 Å². The molecule has 3 aromatic carbocycles. The van der Waals surface area contributed by atoms with Crippen molar-refractivity contribution >= 4 is 22.8 Å². The van der Waals surface area contributed by atoms with E-state index >= 15 is 0 Å². The highest BCUT2D eigenvalue weighted by Gasteiger charge is 2.24. The zero-order valence-corrected chi connectivity index (χ0v) is 19.8. The molecule has 0 radical (unpaired) electrons. The maximum atomic E-state index is 13.7. The molecular formula is C28H27FN2O4. The van der Waals surface area contributed by atoms with Gasteiger partial charge in [0.05, 0.1) is 18.7 Å². The maximum absolute atomic E-state index is 13.7. The van der Waals surface area contributed by atoms with E-state index < -0.39 is 11.9 Å². The number of halogens is 1. The smallest absolute Gasteiger partial charge is 0.255 e. The first-order valence-corrected chi connectivity index (χ1v) is 11.4. The Labute approximate surface area is 203 Å². The van der Waals surface area contributed by atoms with Crippen LogP contribution in [0.1, 0.15) is 51.7 Å². The van der Waals surface area contributed by atoms with Gasteiger partial charge < -0.3 is 19.8 Å². The van der Waals surface area contributed by atoms with Crippen molar-refractivity contribution in [1.29, 1.82) is 0 Å². The van der Waals surface area contributed by atoms with E-state index in [0.29, 0.717) is 51.4 Å². The van der Waals surface area contributed by atoms with Gasteiger partial charge in [-0.3, -0.25) is 9.59 Å². The Kier molecular flexibility index (Phi) is 7.15. The van der Waals surface area contributed by atoms with E-state index in [4.69, 9.17) is 9.15 Å². The predicted octanol–water partition coefficient (Wildman–Crippen LogP) is 5.49. The first-order valence-electron chi connectivity index (χ1n) is 11.4. The summed E-state index contributed by atoms with van der Waals surface area (Å²) < 4.78 is 24.8. The van der Waals surface area contributed by atoms with Gasteiger partial charge in [-0.2, -0.15) is 0 Å². The number of para-hydroxylation sites is 1. The quantitative estimate of drug-likeness (QED) is 0.354. The lowest BCUT2D eigenvalue weighted by atomic mass is 9.95. The van der Waals surface area contributed by atoms with Crippen LogP contribution in [0.2, 0.25) is 0 Å². The summed E-state index contributed by atoms with van der Waals surface area (Å²) in [7, 11) is 1.52. The van der Waals surface area contributed by atoms with Gasteiger partial charge in [0, 0.05) is 23.1 Å². The number of nitrogens with one attached hydrogen (secondary N) is 2. The van der Waals surface area contributed by atoms with Crippen LogP contribution in [0.3, 0.4) is 0 Å². The number of benzene rings is 3. The standard InChI is InChI=1S/C28H27FN2O4/c1-17(2)15-30-27(32)19-10-13-24(34-3)22(14-19)26(18-8-11-20(29)12-9-18)31-28(33)23-16-35-25-7-5-4-6-21(23)25/h4-14,16-17,26H,15H2,1-3H3,(H,30,32)(H,31,33). The third-order valence-corrected chi connectivity index (χ3v) is 5.68. The number of fused-ring (bicyclic) bond motifs is 1. The zero-order valence-electron chi connectivity index (χ0n) is 19.8. The molecule has 0 fully saturated rings. The van der Waals surface area contributed by atoms with Crippen LogP contribution in [0, 0.1) is 11.7 Å². The molecule has 0 aliphatic heterocycles. The maximum Gasteiger partial charge on any atom is 0.255 e. The summed E-state index contributed by atoms with van der Waals surface area (Å²) in [6.07, 6.45) is 1.41. The third kappa shape index (κ3) is 5.35. The highest BCUT2D eigenvalue weighted by atomic mass is 19.1. The van der Waals surface area contributed by atoms with Crippen LogP contribution in [0.15, 0.2) is 77.4 Å². The van der Waals surface area contributed by atoms with Crippen molar-refractivity contribution in [3.05, 3.63) is 101 Å². The van der Waals surface area contributed by atoms with Crippen LogP contribution >= 0.6 is 0 Å². The van der Waals surface area contributed by atoms with Crippen LogP contribution < -0.4 is 15.4 Å². The molecule has 2 amide bonds. The number of hydrogen-bond acceptors (Lipinski definition) is 4. The van der Waals surface area contributed by atoms with Gasteiger partial charge in [-0.15, -0.1) is 0 Å². The largest absolute Gasteiger partial charge is 0.496 e. The van der Waals surface area contributed by atoms with Crippen molar-refractivity contribution < 1.29 is 23.1 Å². The van der Waals surface area contributed by atoms with Gasteiger partial charge in [-0.05, 0) is 47.9 Å². The average Bonchev–Trinajstić information content (AvgIpc) is 3.30. The van der Waals surface area contributed by atoms with Gasteiger partial charge in [0.1, 0.15) is 23.4 Å². The highest BCUT2D eigenvalue weighted by Crippen LogP contribution is 2.32. The lowest BCUT2D eigenvalue weighted by molar-refractivity contribution is 0.0940. The fraction of sp³-hybridized carbons (Fsp3) is 0.214. The molecule has 4 aromatic rings. The Morgan fingerprint density at radius 1 is 1.00 bits per heavy atom. The molecular weight excluding hydrogens is 447 g/mol. The number of rotatable bonds is 8. The molecule has 1 heterocycles. The second-order valence-electron chi connectivity index (χ2n) is 8.66. The molecule has 0 aliphatic carbocycles. The fourth-order valence-electron chi connectivity index (χ4n) is 3.86. The van der Waals surface area contributed by atoms with Gasteiger partial charge >= 0.3 is 0 Å². The lowest BCUT2D eigenvalue weighted by Gasteiger charge is -2.23. The minimum atomic E-state index is -0.718. The predicted molar refractivity (Wildman–Crippen MR) is 132 cm³/mol. The fourth-order valence-corrected chi connectivity index (χ4v) is 3.86. The first kappa shape index (κ1) is 24.0. The van der Waals surface area contributed by atoms with E-state index in [1.54, 1.807) is 42.5 Å². The van der Waals surface area contributed by atoms with Gasteiger partial charge in [0.15, 0.2) is 0 Å². The molecule has 1 atom stereocenters. The van der Waals surface area contributed by atoms with Crippen LogP contribution in [0.4, 0.5) is 4.39 Å². The molecule has 0 saturated carbocycles. The SMILES string of the molecule is COc1ccc(C(=O)NCC(C)C)cc1C(NC(=O)c1coc2ccccc12)c1ccc(F)cc1. The zero-order chi connectivity index (χ0) is 24.9. The monoisotopic (exact) mass is 474 g/mol. The lowest BCUT2D eigenvalue weighted by Crippen LogP contribution is -2.30.